The molecule has 3 rings (SSSR count). The largest absolute Gasteiger partial charge is 0.497 e. The molecule has 23 heavy (non-hydrogen) atoms. The zero-order valence-electron chi connectivity index (χ0n) is 13.1. The predicted octanol–water partition coefficient (Wildman–Crippen LogP) is 3.83. The molecule has 2 aromatic carbocycles. The lowest BCUT2D eigenvalue weighted by atomic mass is 10.1. The molecule has 2 N–H and O–H groups in total. The molecule has 3 aromatic rings. The third-order valence-electron chi connectivity index (χ3n) is 3.56. The second kappa shape index (κ2) is 6.44. The molecule has 0 aliphatic carbocycles. The maximum Gasteiger partial charge on any atom is 0.257 e. The van der Waals surface area contributed by atoms with E-state index in [9.17, 15) is 4.79 Å². The third kappa shape index (κ3) is 3.13. The molecule has 1 heterocycles. The van der Waals surface area contributed by atoms with Crippen molar-refractivity contribution in [2.24, 2.45) is 0 Å². The fourth-order valence-electron chi connectivity index (χ4n) is 2.42. The van der Waals surface area contributed by atoms with E-state index in [1.54, 1.807) is 13.3 Å². The zero-order chi connectivity index (χ0) is 16.2. The van der Waals surface area contributed by atoms with Crippen LogP contribution in [0.3, 0.4) is 0 Å². The molecule has 5 nitrogen and oxygen atoms in total. The Morgan fingerprint density at radius 1 is 1.13 bits per heavy atom. The van der Waals surface area contributed by atoms with Gasteiger partial charge in [0.15, 0.2) is 0 Å². The normalized spacial score (nSPS) is 10.5. The summed E-state index contributed by atoms with van der Waals surface area (Å²) in [6.45, 7) is 2.55. The highest BCUT2D eigenvalue weighted by atomic mass is 16.5. The van der Waals surface area contributed by atoms with Crippen molar-refractivity contribution >= 4 is 22.5 Å². The smallest absolute Gasteiger partial charge is 0.257 e. The highest BCUT2D eigenvalue weighted by Crippen LogP contribution is 2.24. The molecule has 0 spiro atoms. The molecule has 5 heteroatoms. The summed E-state index contributed by atoms with van der Waals surface area (Å²) in [5, 5.41) is 3.74. The molecular formula is C18H18N2O3. The Morgan fingerprint density at radius 3 is 2.57 bits per heavy atom. The van der Waals surface area contributed by atoms with E-state index in [4.69, 9.17) is 9.47 Å². The molecule has 0 aliphatic heterocycles. The van der Waals surface area contributed by atoms with Gasteiger partial charge in [0.25, 0.3) is 5.91 Å². The van der Waals surface area contributed by atoms with E-state index in [1.807, 2.05) is 49.4 Å². The summed E-state index contributed by atoms with van der Waals surface area (Å²) in [6, 6.07) is 12.9. The van der Waals surface area contributed by atoms with Crippen molar-refractivity contribution in [3.8, 4) is 11.5 Å². The number of H-pyrrole nitrogens is 1. The number of carbonyl (C=O) groups excluding carboxylic acids is 1. The number of hydrogen-bond donors (Lipinski definition) is 2. The van der Waals surface area contributed by atoms with Gasteiger partial charge in [-0.1, -0.05) is 0 Å². The second-order valence-electron chi connectivity index (χ2n) is 5.03. The van der Waals surface area contributed by atoms with Crippen molar-refractivity contribution < 1.29 is 14.3 Å². The van der Waals surface area contributed by atoms with Crippen molar-refractivity contribution in [2.75, 3.05) is 19.0 Å². The lowest BCUT2D eigenvalue weighted by molar-refractivity contribution is 0.102. The van der Waals surface area contributed by atoms with E-state index in [0.29, 0.717) is 12.2 Å². The van der Waals surface area contributed by atoms with E-state index in [1.165, 1.54) is 0 Å². The summed E-state index contributed by atoms with van der Waals surface area (Å²) in [6.07, 6.45) is 1.70. The summed E-state index contributed by atoms with van der Waals surface area (Å²) >= 11 is 0. The number of methoxy groups -OCH3 is 1. The summed E-state index contributed by atoms with van der Waals surface area (Å²) in [7, 11) is 1.61. The van der Waals surface area contributed by atoms with Crippen LogP contribution in [0.25, 0.3) is 10.9 Å². The van der Waals surface area contributed by atoms with Crippen LogP contribution in [-0.2, 0) is 0 Å². The monoisotopic (exact) mass is 310 g/mol. The lowest BCUT2D eigenvalue weighted by Gasteiger charge is -2.07. The number of rotatable bonds is 5. The molecular weight excluding hydrogens is 292 g/mol. The van der Waals surface area contributed by atoms with E-state index < -0.39 is 0 Å². The summed E-state index contributed by atoms with van der Waals surface area (Å²) in [5.74, 6) is 1.37. The number of carbonyl (C=O) groups is 1. The van der Waals surface area contributed by atoms with Crippen LogP contribution in [0.2, 0.25) is 0 Å². The van der Waals surface area contributed by atoms with Crippen molar-refractivity contribution in [3.63, 3.8) is 0 Å². The fourth-order valence-corrected chi connectivity index (χ4v) is 2.42. The Balaban J connectivity index is 1.80. The van der Waals surface area contributed by atoms with Crippen LogP contribution in [0.5, 0.6) is 11.5 Å². The van der Waals surface area contributed by atoms with Crippen LogP contribution >= 0.6 is 0 Å². The maximum atomic E-state index is 12.5. The Labute approximate surface area is 134 Å². The summed E-state index contributed by atoms with van der Waals surface area (Å²) in [5.41, 5.74) is 2.18. The van der Waals surface area contributed by atoms with Crippen LogP contribution in [0.1, 0.15) is 17.3 Å². The lowest BCUT2D eigenvalue weighted by Crippen LogP contribution is -2.11. The molecule has 0 aliphatic rings. The number of anilines is 1. The van der Waals surface area contributed by atoms with Gasteiger partial charge < -0.3 is 19.8 Å². The van der Waals surface area contributed by atoms with E-state index in [-0.39, 0.29) is 5.91 Å². The number of benzene rings is 2. The molecule has 118 valence electrons. The van der Waals surface area contributed by atoms with E-state index >= 15 is 0 Å². The maximum absolute atomic E-state index is 12.5. The van der Waals surface area contributed by atoms with Gasteiger partial charge in [-0.2, -0.15) is 0 Å². The number of ether oxygens (including phenoxy) is 2. The number of amides is 1. The highest BCUT2D eigenvalue weighted by Gasteiger charge is 2.12. The van der Waals surface area contributed by atoms with E-state index in [2.05, 4.69) is 10.3 Å². The Hall–Kier alpha value is -2.95. The third-order valence-corrected chi connectivity index (χ3v) is 3.56. The summed E-state index contributed by atoms with van der Waals surface area (Å²) < 4.78 is 10.6. The molecule has 0 bridgehead atoms. The number of nitrogens with one attached hydrogen (secondary N) is 2. The summed E-state index contributed by atoms with van der Waals surface area (Å²) in [4.78, 5) is 15.6. The van der Waals surface area contributed by atoms with Gasteiger partial charge in [0.05, 0.1) is 19.3 Å². The number of fused-ring (bicyclic) bond motifs is 1. The van der Waals surface area contributed by atoms with E-state index in [0.717, 1.165) is 28.1 Å². The molecule has 1 aromatic heterocycles. The standard InChI is InChI=1S/C18H18N2O3/c1-3-23-13-6-4-12(5-7-13)20-18(21)16-11-19-17-10-14(22-2)8-9-15(16)17/h4-11,19H,3H2,1-2H3,(H,20,21). The zero-order valence-corrected chi connectivity index (χ0v) is 13.1. The van der Waals surface area contributed by atoms with Gasteiger partial charge >= 0.3 is 0 Å². The average molecular weight is 310 g/mol. The van der Waals surface area contributed by atoms with Crippen LogP contribution < -0.4 is 14.8 Å². The van der Waals surface area contributed by atoms with Gasteiger partial charge in [-0.3, -0.25) is 4.79 Å². The van der Waals surface area contributed by atoms with Crippen LogP contribution in [0, 0.1) is 0 Å². The first-order valence-electron chi connectivity index (χ1n) is 7.40. The van der Waals surface area contributed by atoms with Gasteiger partial charge in [0.1, 0.15) is 11.5 Å². The minimum absolute atomic E-state index is 0.162. The Kier molecular flexibility index (Phi) is 4.19. The van der Waals surface area contributed by atoms with Crippen LogP contribution in [-0.4, -0.2) is 24.6 Å². The van der Waals surface area contributed by atoms with Gasteiger partial charge in [0, 0.05) is 28.9 Å². The fraction of sp³-hybridized carbons (Fsp3) is 0.167. The highest BCUT2D eigenvalue weighted by molar-refractivity contribution is 6.12. The SMILES string of the molecule is CCOc1ccc(NC(=O)c2c[nH]c3cc(OC)ccc23)cc1. The first-order chi connectivity index (χ1) is 11.2. The van der Waals surface area contributed by atoms with Gasteiger partial charge in [-0.15, -0.1) is 0 Å². The van der Waals surface area contributed by atoms with Crippen LogP contribution in [0.4, 0.5) is 5.69 Å². The Bertz CT molecular complexity index is 822. The molecule has 0 saturated carbocycles. The van der Waals surface area contributed by atoms with Crippen molar-refractivity contribution in [1.29, 1.82) is 0 Å². The number of hydrogen-bond acceptors (Lipinski definition) is 3. The minimum atomic E-state index is -0.162. The molecule has 0 radical (unpaired) electrons. The second-order valence-corrected chi connectivity index (χ2v) is 5.03. The molecule has 0 atom stereocenters. The molecule has 0 saturated heterocycles. The van der Waals surface area contributed by atoms with Gasteiger partial charge in [-0.05, 0) is 43.3 Å². The first-order valence-corrected chi connectivity index (χ1v) is 7.40. The molecule has 0 unspecified atom stereocenters. The van der Waals surface area contributed by atoms with Crippen LogP contribution in [0.15, 0.2) is 48.7 Å². The number of aromatic nitrogens is 1. The quantitative estimate of drug-likeness (QED) is 0.753. The first kappa shape index (κ1) is 15.0. The van der Waals surface area contributed by atoms with Gasteiger partial charge in [-0.25, -0.2) is 0 Å². The molecule has 0 fully saturated rings. The van der Waals surface area contributed by atoms with Crippen molar-refractivity contribution in [1.82, 2.24) is 4.98 Å². The Morgan fingerprint density at radius 2 is 1.87 bits per heavy atom. The topological polar surface area (TPSA) is 63.3 Å². The van der Waals surface area contributed by atoms with Crippen molar-refractivity contribution in [3.05, 3.63) is 54.2 Å². The van der Waals surface area contributed by atoms with Gasteiger partial charge in [0.2, 0.25) is 0 Å². The number of aromatic amines is 1. The average Bonchev–Trinajstić information content (AvgIpc) is 3.00. The predicted molar refractivity (Wildman–Crippen MR) is 90.4 cm³/mol. The molecule has 1 amide bonds. The minimum Gasteiger partial charge on any atom is -0.497 e. The van der Waals surface area contributed by atoms with Crippen molar-refractivity contribution in [2.45, 2.75) is 6.92 Å².